The molecule has 1 aromatic carbocycles. The number of halogens is 4. The first-order valence-electron chi connectivity index (χ1n) is 4.57. The average Bonchev–Trinajstić information content (AvgIpc) is 2.72. The first-order chi connectivity index (χ1) is 8.00. The van der Waals surface area contributed by atoms with E-state index in [0.29, 0.717) is 0 Å². The molecular formula is C11H6ClF3O2. The van der Waals surface area contributed by atoms with Crippen LogP contribution in [0, 0.1) is 17.5 Å². The minimum absolute atomic E-state index is 0.00189. The minimum atomic E-state index is -1.64. The van der Waals surface area contributed by atoms with Gasteiger partial charge in [0, 0.05) is 5.56 Å². The van der Waals surface area contributed by atoms with Gasteiger partial charge >= 0.3 is 0 Å². The van der Waals surface area contributed by atoms with Crippen molar-refractivity contribution >= 4 is 11.6 Å². The molecule has 2 nitrogen and oxygen atoms in total. The maximum Gasteiger partial charge on any atom is 0.194 e. The minimum Gasteiger partial charge on any atom is -0.447 e. The lowest BCUT2D eigenvalue weighted by atomic mass is 10.1. The molecule has 0 saturated carbocycles. The van der Waals surface area contributed by atoms with Gasteiger partial charge in [-0.05, 0) is 35.9 Å². The largest absolute Gasteiger partial charge is 0.447 e. The van der Waals surface area contributed by atoms with Crippen molar-refractivity contribution in [3.05, 3.63) is 58.3 Å². The van der Waals surface area contributed by atoms with Crippen molar-refractivity contribution in [3.8, 4) is 0 Å². The molecule has 1 aromatic heterocycles. The molecular weight excluding hydrogens is 257 g/mol. The molecule has 0 bridgehead atoms. The third-order valence-corrected chi connectivity index (χ3v) is 2.43. The van der Waals surface area contributed by atoms with Gasteiger partial charge in [-0.15, -0.1) is 0 Å². The molecule has 0 fully saturated rings. The summed E-state index contributed by atoms with van der Waals surface area (Å²) in [6, 6.07) is 4.32. The predicted octanol–water partition coefficient (Wildman–Crippen LogP) is 3.43. The van der Waals surface area contributed by atoms with Gasteiger partial charge in [-0.25, -0.2) is 13.2 Å². The van der Waals surface area contributed by atoms with Gasteiger partial charge in [0.2, 0.25) is 0 Å². The third kappa shape index (κ3) is 2.16. The number of hydrogen-bond acceptors (Lipinski definition) is 2. The molecule has 1 N–H and O–H groups in total. The van der Waals surface area contributed by atoms with Crippen molar-refractivity contribution < 1.29 is 22.7 Å². The van der Waals surface area contributed by atoms with E-state index in [9.17, 15) is 18.3 Å². The van der Waals surface area contributed by atoms with Crippen molar-refractivity contribution in [2.45, 2.75) is 6.10 Å². The summed E-state index contributed by atoms with van der Waals surface area (Å²) in [6.07, 6.45) is -1.54. The van der Waals surface area contributed by atoms with Crippen LogP contribution in [0.25, 0.3) is 0 Å². The molecule has 1 atom stereocenters. The normalized spacial score (nSPS) is 12.8. The number of aliphatic hydroxyl groups excluding tert-OH is 1. The SMILES string of the molecule is OC(c1ccc(Cl)o1)c1ccc(F)c(F)c1F. The first kappa shape index (κ1) is 12.0. The zero-order chi connectivity index (χ0) is 12.6. The third-order valence-electron chi connectivity index (χ3n) is 2.22. The number of furan rings is 1. The van der Waals surface area contributed by atoms with Crippen LogP contribution in [0.5, 0.6) is 0 Å². The van der Waals surface area contributed by atoms with Crippen LogP contribution in [0.3, 0.4) is 0 Å². The van der Waals surface area contributed by atoms with E-state index in [-0.39, 0.29) is 11.0 Å². The Morgan fingerprint density at radius 3 is 2.35 bits per heavy atom. The summed E-state index contributed by atoms with van der Waals surface area (Å²) < 4.78 is 43.9. The highest BCUT2D eigenvalue weighted by Crippen LogP contribution is 2.28. The molecule has 6 heteroatoms. The molecule has 2 aromatic rings. The maximum absolute atomic E-state index is 13.4. The number of rotatable bonds is 2. The fraction of sp³-hybridized carbons (Fsp3) is 0.0909. The van der Waals surface area contributed by atoms with E-state index in [0.717, 1.165) is 12.1 Å². The maximum atomic E-state index is 13.4. The highest BCUT2D eigenvalue weighted by Gasteiger charge is 2.22. The lowest BCUT2D eigenvalue weighted by Gasteiger charge is -2.09. The zero-order valence-corrected chi connectivity index (χ0v) is 9.01. The Morgan fingerprint density at radius 1 is 1.06 bits per heavy atom. The van der Waals surface area contributed by atoms with Gasteiger partial charge in [0.05, 0.1) is 0 Å². The van der Waals surface area contributed by atoms with E-state index in [2.05, 4.69) is 0 Å². The smallest absolute Gasteiger partial charge is 0.194 e. The van der Waals surface area contributed by atoms with E-state index in [4.69, 9.17) is 16.0 Å². The summed E-state index contributed by atoms with van der Waals surface area (Å²) in [4.78, 5) is 0. The van der Waals surface area contributed by atoms with Gasteiger partial charge < -0.3 is 9.52 Å². The molecule has 0 amide bonds. The van der Waals surface area contributed by atoms with E-state index in [1.807, 2.05) is 0 Å². The monoisotopic (exact) mass is 262 g/mol. The van der Waals surface area contributed by atoms with Crippen molar-refractivity contribution in [1.82, 2.24) is 0 Å². The van der Waals surface area contributed by atoms with Crippen molar-refractivity contribution in [3.63, 3.8) is 0 Å². The van der Waals surface area contributed by atoms with Crippen molar-refractivity contribution in [1.29, 1.82) is 0 Å². The van der Waals surface area contributed by atoms with E-state index < -0.39 is 29.1 Å². The van der Waals surface area contributed by atoms with Crippen LogP contribution in [0.4, 0.5) is 13.2 Å². The fourth-order valence-electron chi connectivity index (χ4n) is 1.38. The molecule has 0 aliphatic heterocycles. The zero-order valence-electron chi connectivity index (χ0n) is 8.25. The molecule has 17 heavy (non-hydrogen) atoms. The second-order valence-corrected chi connectivity index (χ2v) is 3.68. The molecule has 90 valence electrons. The Morgan fingerprint density at radius 2 is 1.76 bits per heavy atom. The topological polar surface area (TPSA) is 33.4 Å². The average molecular weight is 263 g/mol. The van der Waals surface area contributed by atoms with Gasteiger partial charge in [0.1, 0.15) is 11.9 Å². The summed E-state index contributed by atoms with van der Waals surface area (Å²) in [5.74, 6) is -4.47. The van der Waals surface area contributed by atoms with Crippen LogP contribution in [-0.4, -0.2) is 5.11 Å². The van der Waals surface area contributed by atoms with Gasteiger partial charge in [-0.1, -0.05) is 0 Å². The molecule has 0 spiro atoms. The van der Waals surface area contributed by atoms with Crippen molar-refractivity contribution in [2.24, 2.45) is 0 Å². The van der Waals surface area contributed by atoms with Gasteiger partial charge in [-0.2, -0.15) is 0 Å². The number of hydrogen-bond donors (Lipinski definition) is 1. The lowest BCUT2D eigenvalue weighted by molar-refractivity contribution is 0.183. The lowest BCUT2D eigenvalue weighted by Crippen LogP contribution is -2.04. The summed E-state index contributed by atoms with van der Waals surface area (Å²) in [5, 5.41) is 9.72. The quantitative estimate of drug-likeness (QED) is 0.841. The molecule has 1 heterocycles. The molecule has 0 aliphatic carbocycles. The van der Waals surface area contributed by atoms with Crippen LogP contribution < -0.4 is 0 Å². The van der Waals surface area contributed by atoms with E-state index in [1.165, 1.54) is 12.1 Å². The molecule has 1 unspecified atom stereocenters. The predicted molar refractivity (Wildman–Crippen MR) is 54.1 cm³/mol. The second kappa shape index (κ2) is 4.43. The molecule has 0 aliphatic rings. The number of aliphatic hydroxyl groups is 1. The molecule has 0 radical (unpaired) electrons. The van der Waals surface area contributed by atoms with Crippen LogP contribution in [0.2, 0.25) is 5.22 Å². The Kier molecular flexibility index (Phi) is 3.13. The Labute approximate surface area is 99.2 Å². The first-order valence-corrected chi connectivity index (χ1v) is 4.95. The van der Waals surface area contributed by atoms with Crippen LogP contribution in [-0.2, 0) is 0 Å². The summed E-state index contributed by atoms with van der Waals surface area (Å²) in [6.45, 7) is 0. The summed E-state index contributed by atoms with van der Waals surface area (Å²) in [7, 11) is 0. The van der Waals surface area contributed by atoms with Gasteiger partial charge in [0.25, 0.3) is 0 Å². The van der Waals surface area contributed by atoms with Crippen LogP contribution in [0.15, 0.2) is 28.7 Å². The fourth-order valence-corrected chi connectivity index (χ4v) is 1.53. The van der Waals surface area contributed by atoms with E-state index >= 15 is 0 Å². The highest BCUT2D eigenvalue weighted by molar-refractivity contribution is 6.28. The van der Waals surface area contributed by atoms with Crippen molar-refractivity contribution in [2.75, 3.05) is 0 Å². The summed E-state index contributed by atoms with van der Waals surface area (Å²) in [5.41, 5.74) is -0.421. The van der Waals surface area contributed by atoms with E-state index in [1.54, 1.807) is 0 Å². The standard InChI is InChI=1S/C11H6ClF3O2/c12-8-4-3-7(17-8)11(16)5-1-2-6(13)10(15)9(5)14/h1-4,11,16H. The van der Waals surface area contributed by atoms with Gasteiger partial charge in [0.15, 0.2) is 22.7 Å². The van der Waals surface area contributed by atoms with Crippen LogP contribution >= 0.6 is 11.6 Å². The second-order valence-electron chi connectivity index (χ2n) is 3.31. The summed E-state index contributed by atoms with van der Waals surface area (Å²) >= 11 is 5.48. The number of benzene rings is 1. The van der Waals surface area contributed by atoms with Crippen LogP contribution in [0.1, 0.15) is 17.4 Å². The molecule has 0 saturated heterocycles. The Hall–Kier alpha value is -1.46. The van der Waals surface area contributed by atoms with Gasteiger partial charge in [-0.3, -0.25) is 0 Å². The highest BCUT2D eigenvalue weighted by atomic mass is 35.5. The Balaban J connectivity index is 2.44. The molecule has 2 rings (SSSR count). The Bertz CT molecular complexity index is 554.